The summed E-state index contributed by atoms with van der Waals surface area (Å²) in [6, 6.07) is 53.8. The number of hydrogen-bond acceptors (Lipinski definition) is 5. The molecule has 5 nitrogen and oxygen atoms in total. The van der Waals surface area contributed by atoms with Crippen LogP contribution in [0.4, 0.5) is 17.1 Å². The Morgan fingerprint density at radius 3 is 1.81 bits per heavy atom. The van der Waals surface area contributed by atoms with Gasteiger partial charge in [-0.2, -0.15) is 0 Å². The first kappa shape index (κ1) is 26.6. The van der Waals surface area contributed by atoms with Crippen LogP contribution in [0.5, 0.6) is 0 Å². The van der Waals surface area contributed by atoms with E-state index in [9.17, 15) is 0 Å². The van der Waals surface area contributed by atoms with E-state index in [0.717, 1.165) is 88.7 Å². The van der Waals surface area contributed by atoms with E-state index in [1.807, 2.05) is 72.8 Å². The summed E-state index contributed by atoms with van der Waals surface area (Å²) in [7, 11) is 0. The van der Waals surface area contributed by atoms with E-state index < -0.39 is 0 Å². The van der Waals surface area contributed by atoms with Gasteiger partial charge in [-0.1, -0.05) is 84.9 Å². The van der Waals surface area contributed by atoms with Gasteiger partial charge in [0.2, 0.25) is 5.89 Å². The Hall–Kier alpha value is -6.59. The van der Waals surface area contributed by atoms with E-state index in [1.165, 1.54) is 0 Å². The first-order valence-corrected chi connectivity index (χ1v) is 16.0. The number of benzene rings is 7. The van der Waals surface area contributed by atoms with Crippen LogP contribution >= 0.6 is 0 Å². The molecule has 0 bridgehead atoms. The van der Waals surface area contributed by atoms with Crippen molar-refractivity contribution in [1.82, 2.24) is 4.98 Å². The summed E-state index contributed by atoms with van der Waals surface area (Å²) >= 11 is 0. The predicted octanol–water partition coefficient (Wildman–Crippen LogP) is 12.4. The molecule has 0 aliphatic carbocycles. The maximum atomic E-state index is 6.58. The summed E-state index contributed by atoms with van der Waals surface area (Å²) in [6.45, 7) is 0. The Kier molecular flexibility index (Phi) is 5.81. The van der Waals surface area contributed by atoms with Gasteiger partial charge in [-0.25, -0.2) is 4.98 Å². The molecule has 0 spiro atoms. The van der Waals surface area contributed by atoms with Gasteiger partial charge in [0.15, 0.2) is 5.58 Å². The van der Waals surface area contributed by atoms with Crippen LogP contribution in [0.1, 0.15) is 0 Å². The minimum absolute atomic E-state index is 0.581. The zero-order valence-corrected chi connectivity index (χ0v) is 25.6. The van der Waals surface area contributed by atoms with Gasteiger partial charge in [0, 0.05) is 55.8 Å². The van der Waals surface area contributed by atoms with Crippen molar-refractivity contribution < 1.29 is 13.3 Å². The van der Waals surface area contributed by atoms with Gasteiger partial charge in [-0.3, -0.25) is 0 Å². The van der Waals surface area contributed by atoms with Crippen LogP contribution in [-0.4, -0.2) is 4.98 Å². The Morgan fingerprint density at radius 2 is 1.02 bits per heavy atom. The lowest BCUT2D eigenvalue weighted by atomic mass is 9.97. The number of aromatic nitrogens is 1. The largest absolute Gasteiger partial charge is 0.456 e. The van der Waals surface area contributed by atoms with Gasteiger partial charge in [0.05, 0.1) is 0 Å². The molecule has 48 heavy (non-hydrogen) atoms. The third-order valence-corrected chi connectivity index (χ3v) is 9.09. The van der Waals surface area contributed by atoms with Crippen LogP contribution in [0.2, 0.25) is 0 Å². The third-order valence-electron chi connectivity index (χ3n) is 9.09. The Labute approximate surface area is 274 Å². The highest BCUT2D eigenvalue weighted by molar-refractivity contribution is 6.19. The first-order valence-electron chi connectivity index (χ1n) is 16.0. The fourth-order valence-corrected chi connectivity index (χ4v) is 6.90. The minimum Gasteiger partial charge on any atom is -0.456 e. The summed E-state index contributed by atoms with van der Waals surface area (Å²) in [5.74, 6) is 0.581. The molecule has 0 aliphatic rings. The third kappa shape index (κ3) is 4.15. The van der Waals surface area contributed by atoms with Crippen molar-refractivity contribution in [3.63, 3.8) is 0 Å². The van der Waals surface area contributed by atoms with Crippen molar-refractivity contribution in [2.45, 2.75) is 0 Å². The summed E-state index contributed by atoms with van der Waals surface area (Å²) in [5, 5.41) is 4.24. The van der Waals surface area contributed by atoms with E-state index in [2.05, 4.69) is 89.8 Å². The number of anilines is 3. The monoisotopic (exact) mass is 618 g/mol. The molecule has 0 saturated carbocycles. The fourth-order valence-electron chi connectivity index (χ4n) is 6.90. The lowest BCUT2D eigenvalue weighted by Crippen LogP contribution is -2.09. The second kappa shape index (κ2) is 10.5. The molecule has 0 fully saturated rings. The van der Waals surface area contributed by atoms with E-state index in [-0.39, 0.29) is 0 Å². The molecule has 0 saturated heterocycles. The molecular weight excluding hydrogens is 592 g/mol. The van der Waals surface area contributed by atoms with E-state index in [0.29, 0.717) is 5.89 Å². The molecule has 0 N–H and O–H groups in total. The summed E-state index contributed by atoms with van der Waals surface area (Å²) in [6.07, 6.45) is 0. The lowest BCUT2D eigenvalue weighted by Gasteiger charge is -2.25. The highest BCUT2D eigenvalue weighted by Gasteiger charge is 2.22. The molecule has 7 aromatic carbocycles. The molecule has 5 heteroatoms. The quantitative estimate of drug-likeness (QED) is 0.192. The molecule has 0 aliphatic heterocycles. The van der Waals surface area contributed by atoms with Gasteiger partial charge in [-0.15, -0.1) is 0 Å². The number of hydrogen-bond donors (Lipinski definition) is 0. The van der Waals surface area contributed by atoms with Crippen molar-refractivity contribution in [3.05, 3.63) is 158 Å². The smallest absolute Gasteiger partial charge is 0.227 e. The molecule has 3 aromatic heterocycles. The molecule has 3 heterocycles. The normalized spacial score (nSPS) is 11.8. The topological polar surface area (TPSA) is 55.6 Å². The molecule has 10 aromatic rings. The Balaban J connectivity index is 1.16. The number of furan rings is 2. The standard InChI is InChI=1S/C43H26N2O3/c1-3-11-28(12-4-1)43-44-35-26-39-41(33-16-8-10-18-37(33)47-39)40(42(35)48-43)27-19-21-30(22-20-27)45(29-13-5-2-6-14-29)31-23-24-38-34(25-31)32-15-7-9-17-36(32)46-38/h1-26H. The average Bonchev–Trinajstić information content (AvgIpc) is 3.85. The van der Waals surface area contributed by atoms with E-state index >= 15 is 0 Å². The SMILES string of the molecule is c1ccc(-c2nc3cc4oc5ccccc5c4c(-c4ccc(N(c5ccccc5)c5ccc6oc7ccccc7c6c5)cc4)c3o2)cc1. The molecule has 0 unspecified atom stereocenters. The molecule has 0 radical (unpaired) electrons. The number of nitrogens with zero attached hydrogens (tertiary/aromatic N) is 2. The average molecular weight is 619 g/mol. The van der Waals surface area contributed by atoms with Gasteiger partial charge in [-0.05, 0) is 72.3 Å². The first-order chi connectivity index (χ1) is 23.8. The highest BCUT2D eigenvalue weighted by atomic mass is 16.4. The predicted molar refractivity (Wildman–Crippen MR) is 194 cm³/mol. The summed E-state index contributed by atoms with van der Waals surface area (Å²) < 4.78 is 19.1. The minimum atomic E-state index is 0.581. The number of rotatable bonds is 5. The van der Waals surface area contributed by atoms with Crippen LogP contribution in [-0.2, 0) is 0 Å². The van der Waals surface area contributed by atoms with E-state index in [1.54, 1.807) is 0 Å². The lowest BCUT2D eigenvalue weighted by molar-refractivity contribution is 0.621. The summed E-state index contributed by atoms with van der Waals surface area (Å²) in [5.41, 5.74) is 10.9. The maximum Gasteiger partial charge on any atom is 0.227 e. The van der Waals surface area contributed by atoms with Crippen LogP contribution in [0.25, 0.3) is 77.6 Å². The van der Waals surface area contributed by atoms with Gasteiger partial charge < -0.3 is 18.2 Å². The van der Waals surface area contributed by atoms with Crippen LogP contribution in [0.3, 0.4) is 0 Å². The van der Waals surface area contributed by atoms with Crippen LogP contribution in [0.15, 0.2) is 171 Å². The van der Waals surface area contributed by atoms with Crippen molar-refractivity contribution >= 4 is 72.0 Å². The number of para-hydroxylation sites is 3. The Morgan fingerprint density at radius 1 is 0.417 bits per heavy atom. The van der Waals surface area contributed by atoms with Gasteiger partial charge >= 0.3 is 0 Å². The molecule has 0 amide bonds. The molecule has 0 atom stereocenters. The highest BCUT2D eigenvalue weighted by Crippen LogP contribution is 2.44. The van der Waals surface area contributed by atoms with Crippen molar-refractivity contribution in [3.8, 4) is 22.6 Å². The van der Waals surface area contributed by atoms with Crippen molar-refractivity contribution in [2.75, 3.05) is 4.90 Å². The molecular formula is C43H26N2O3. The van der Waals surface area contributed by atoms with E-state index in [4.69, 9.17) is 18.2 Å². The molecule has 10 rings (SSSR count). The second-order valence-corrected chi connectivity index (χ2v) is 12.0. The maximum absolute atomic E-state index is 6.58. The van der Waals surface area contributed by atoms with Crippen LogP contribution in [0, 0.1) is 0 Å². The second-order valence-electron chi connectivity index (χ2n) is 12.0. The fraction of sp³-hybridized carbons (Fsp3) is 0. The van der Waals surface area contributed by atoms with Gasteiger partial charge in [0.25, 0.3) is 0 Å². The van der Waals surface area contributed by atoms with Crippen LogP contribution < -0.4 is 4.90 Å². The molecule has 226 valence electrons. The van der Waals surface area contributed by atoms with Gasteiger partial charge in [0.1, 0.15) is 27.8 Å². The van der Waals surface area contributed by atoms with Crippen molar-refractivity contribution in [1.29, 1.82) is 0 Å². The zero-order valence-electron chi connectivity index (χ0n) is 25.6. The Bertz CT molecular complexity index is 2770. The number of oxazole rings is 1. The zero-order chi connectivity index (χ0) is 31.6. The number of fused-ring (bicyclic) bond motifs is 7. The van der Waals surface area contributed by atoms with Crippen molar-refractivity contribution in [2.24, 2.45) is 0 Å². The summed E-state index contributed by atoms with van der Waals surface area (Å²) in [4.78, 5) is 7.19.